The van der Waals surface area contributed by atoms with Crippen molar-refractivity contribution in [2.45, 2.75) is 52.8 Å². The van der Waals surface area contributed by atoms with Crippen molar-refractivity contribution in [3.8, 4) is 17.4 Å². The molecule has 26 nitrogen and oxygen atoms in total. The summed E-state index contributed by atoms with van der Waals surface area (Å²) < 4.78 is 139. The number of nitro groups is 1. The van der Waals surface area contributed by atoms with Gasteiger partial charge in [-0.15, -0.1) is 25.6 Å². The summed E-state index contributed by atoms with van der Waals surface area (Å²) in [5.74, 6) is -3.25. The van der Waals surface area contributed by atoms with Gasteiger partial charge in [0.05, 0.1) is 27.2 Å². The monoisotopic (exact) mass is 913 g/mol. The molecule has 0 spiro atoms. The number of aryl methyl sites for hydroxylation is 1. The van der Waals surface area contributed by atoms with E-state index in [4.69, 9.17) is 0 Å². The first-order valence-corrected chi connectivity index (χ1v) is 21.6. The third-order valence-electron chi connectivity index (χ3n) is 7.88. The lowest BCUT2D eigenvalue weighted by atomic mass is 10.1. The van der Waals surface area contributed by atoms with Crippen LogP contribution in [-0.4, -0.2) is 81.9 Å². The van der Waals surface area contributed by atoms with Crippen molar-refractivity contribution in [2.75, 3.05) is 0 Å². The average molecular weight is 914 g/mol. The van der Waals surface area contributed by atoms with Crippen LogP contribution in [0.4, 0.5) is 39.8 Å². The summed E-state index contributed by atoms with van der Waals surface area (Å²) in [6.45, 7) is 6.74. The van der Waals surface area contributed by atoms with Crippen LogP contribution in [0.25, 0.3) is 10.8 Å². The van der Waals surface area contributed by atoms with Gasteiger partial charge in [-0.05, 0) is 69.5 Å². The Kier molecular flexibility index (Phi) is 11.4. The topological polar surface area (TPSA) is 413 Å². The van der Waals surface area contributed by atoms with E-state index < -0.39 is 121 Å². The molecule has 1 heterocycles. The summed E-state index contributed by atoms with van der Waals surface area (Å²) >= 11 is 0. The highest BCUT2D eigenvalue weighted by Gasteiger charge is 2.30. The Balaban J connectivity index is 1.70. The second-order valence-electron chi connectivity index (χ2n) is 13.1. The highest BCUT2D eigenvalue weighted by molar-refractivity contribution is 7.86. The molecule has 4 aromatic carbocycles. The molecular weight excluding hydrogens is 887 g/mol. The van der Waals surface area contributed by atoms with Crippen molar-refractivity contribution in [2.24, 2.45) is 30.7 Å². The van der Waals surface area contributed by atoms with Gasteiger partial charge in [0.2, 0.25) is 5.88 Å². The molecule has 318 valence electrons. The fourth-order valence-corrected chi connectivity index (χ4v) is 7.82. The van der Waals surface area contributed by atoms with Crippen LogP contribution < -0.4 is 0 Å². The molecule has 0 aliphatic rings. The fourth-order valence-electron chi connectivity index (χ4n) is 5.21. The number of nitro benzene ring substituents is 1. The van der Waals surface area contributed by atoms with E-state index in [0.29, 0.717) is 30.3 Å². The summed E-state index contributed by atoms with van der Waals surface area (Å²) in [6, 6.07) is 5.23. The lowest BCUT2D eigenvalue weighted by Crippen LogP contribution is -2.22. The van der Waals surface area contributed by atoms with E-state index in [9.17, 15) is 77.3 Å². The first-order chi connectivity index (χ1) is 27.4. The lowest BCUT2D eigenvalue weighted by Gasteiger charge is -2.19. The Hall–Kier alpha value is -6.41. The molecule has 30 heteroatoms. The zero-order chi connectivity index (χ0) is 45.1. The number of hydrogen-bond acceptors (Lipinski definition) is 20. The Morgan fingerprint density at radius 3 is 1.47 bits per heavy atom. The van der Waals surface area contributed by atoms with Crippen LogP contribution in [0.1, 0.15) is 26.5 Å². The van der Waals surface area contributed by atoms with Gasteiger partial charge in [0, 0.05) is 12.1 Å². The van der Waals surface area contributed by atoms with Crippen molar-refractivity contribution >= 4 is 91.1 Å². The van der Waals surface area contributed by atoms with Crippen molar-refractivity contribution in [3.63, 3.8) is 0 Å². The van der Waals surface area contributed by atoms with Crippen LogP contribution in [0.5, 0.6) is 17.4 Å². The third-order valence-corrected chi connectivity index (χ3v) is 11.4. The Morgan fingerprint density at radius 2 is 1.05 bits per heavy atom. The molecule has 0 bridgehead atoms. The van der Waals surface area contributed by atoms with E-state index in [0.717, 1.165) is 18.2 Å². The second kappa shape index (κ2) is 15.3. The van der Waals surface area contributed by atoms with E-state index in [1.165, 1.54) is 11.6 Å². The van der Waals surface area contributed by atoms with E-state index in [1.807, 2.05) is 0 Å². The average Bonchev–Trinajstić information content (AvgIpc) is 3.40. The minimum absolute atomic E-state index is 0.0857. The van der Waals surface area contributed by atoms with Crippen LogP contribution in [0.2, 0.25) is 0 Å². The third kappa shape index (κ3) is 9.08. The van der Waals surface area contributed by atoms with Gasteiger partial charge in [0.1, 0.15) is 42.3 Å². The second-order valence-corrected chi connectivity index (χ2v) is 18.7. The quantitative estimate of drug-likeness (QED) is 0.0328. The first kappa shape index (κ1) is 44.7. The van der Waals surface area contributed by atoms with Gasteiger partial charge in [-0.2, -0.15) is 43.9 Å². The van der Waals surface area contributed by atoms with E-state index >= 15 is 0 Å². The van der Waals surface area contributed by atoms with Gasteiger partial charge >= 0.3 is 0 Å². The van der Waals surface area contributed by atoms with Crippen LogP contribution in [0, 0.1) is 17.0 Å². The number of aromatic hydroxyl groups is 3. The Morgan fingerprint density at radius 1 is 0.617 bits per heavy atom. The number of rotatable bonds is 11. The standard InChI is InChI=1S/C30H27N9O17S4/c1-13-24(29(42)38(37-13)30(2,3)4)34-31-15-5-7-17(19(11-15)57(45,46)47)32-35-25-21(59(51,52)53)9-14-10-22(60(54,55)56)26(28(41)23(14)27(25)40)36-33-18-8-6-16(39(43)44)12-20(18)58(48,49)50/h5-12,40-42H,1-4H3,(H,45,46,47)(H,48,49,50)(H,51,52,53)(H,54,55,56)/b34-31+,35-32+,36-33+. The van der Waals surface area contributed by atoms with Gasteiger partial charge in [0.25, 0.3) is 46.2 Å². The molecule has 1 aromatic heterocycles. The van der Waals surface area contributed by atoms with Gasteiger partial charge < -0.3 is 15.3 Å². The van der Waals surface area contributed by atoms with Gasteiger partial charge in [-0.25, -0.2) is 4.68 Å². The van der Waals surface area contributed by atoms with Crippen LogP contribution >= 0.6 is 0 Å². The number of fused-ring (bicyclic) bond motifs is 1. The van der Waals surface area contributed by atoms with E-state index in [2.05, 4.69) is 35.8 Å². The number of hydrogen-bond donors (Lipinski definition) is 7. The Bertz CT molecular complexity index is 3210. The van der Waals surface area contributed by atoms with E-state index in [-0.39, 0.29) is 22.9 Å². The lowest BCUT2D eigenvalue weighted by molar-refractivity contribution is -0.385. The van der Waals surface area contributed by atoms with Gasteiger partial charge in [-0.1, -0.05) is 0 Å². The minimum atomic E-state index is -5.50. The molecule has 0 fully saturated rings. The molecule has 5 aromatic rings. The summed E-state index contributed by atoms with van der Waals surface area (Å²) in [4.78, 5) is 5.15. The van der Waals surface area contributed by atoms with Gasteiger partial charge in [0.15, 0.2) is 17.2 Å². The molecule has 5 rings (SSSR count). The highest BCUT2D eigenvalue weighted by atomic mass is 32.2. The maximum absolute atomic E-state index is 12.5. The highest BCUT2D eigenvalue weighted by Crippen LogP contribution is 2.50. The molecule has 0 saturated heterocycles. The maximum atomic E-state index is 12.5. The largest absolute Gasteiger partial charge is 0.505 e. The fraction of sp³-hybridized carbons (Fsp3) is 0.167. The number of non-ortho nitro benzene ring substituents is 1. The molecule has 60 heavy (non-hydrogen) atoms. The molecule has 0 aliphatic heterocycles. The van der Waals surface area contributed by atoms with Crippen molar-refractivity contribution in [3.05, 3.63) is 64.3 Å². The number of aromatic nitrogens is 2. The number of phenols is 2. The molecule has 0 saturated carbocycles. The summed E-state index contributed by atoms with van der Waals surface area (Å²) in [5.41, 5.74) is -5.79. The predicted molar refractivity (Wildman–Crippen MR) is 202 cm³/mol. The van der Waals surface area contributed by atoms with Crippen LogP contribution in [0.3, 0.4) is 0 Å². The predicted octanol–water partition coefficient (Wildman–Crippen LogP) is 6.36. The normalized spacial score (nSPS) is 13.3. The molecule has 0 radical (unpaired) electrons. The molecule has 0 unspecified atom stereocenters. The van der Waals surface area contributed by atoms with Crippen LogP contribution in [-0.2, 0) is 46.0 Å². The molecule has 0 atom stereocenters. The minimum Gasteiger partial charge on any atom is -0.505 e. The maximum Gasteiger partial charge on any atom is 0.297 e. The molecular formula is C30H27N9O17S4. The number of azo groups is 3. The summed E-state index contributed by atoms with van der Waals surface area (Å²) in [7, 11) is -21.5. The smallest absolute Gasteiger partial charge is 0.297 e. The van der Waals surface area contributed by atoms with E-state index in [1.54, 1.807) is 20.8 Å². The Labute approximate surface area is 337 Å². The SMILES string of the molecule is Cc1nn(C(C)(C)C)c(O)c1/N=N/c1ccc(/N=N/c2c(S(=O)(=O)O)cc3cc(S(=O)(=O)O)c(/N=N/c4ccc([N+](=O)[O-])cc4S(=O)(=O)O)c(O)c3c2O)c(S(=O)(=O)O)c1. The molecule has 0 aliphatic carbocycles. The number of phenolic OH excluding ortho intramolecular Hbond substituents is 2. The number of nitrogens with zero attached hydrogens (tertiary/aromatic N) is 9. The zero-order valence-electron chi connectivity index (χ0n) is 30.5. The molecule has 0 amide bonds. The van der Waals surface area contributed by atoms with Crippen molar-refractivity contribution in [1.82, 2.24) is 9.78 Å². The summed E-state index contributed by atoms with van der Waals surface area (Å²) in [6.07, 6.45) is 0. The zero-order valence-corrected chi connectivity index (χ0v) is 33.8. The van der Waals surface area contributed by atoms with Crippen LogP contribution in [0.15, 0.2) is 98.8 Å². The first-order valence-electron chi connectivity index (χ1n) is 15.8. The molecule has 7 N–H and O–H groups in total. The van der Waals surface area contributed by atoms with Crippen molar-refractivity contribution in [1.29, 1.82) is 0 Å². The summed E-state index contributed by atoms with van der Waals surface area (Å²) in [5, 5.41) is 68.4. The number of benzene rings is 4. The van der Waals surface area contributed by atoms with Gasteiger partial charge in [-0.3, -0.25) is 28.3 Å². The van der Waals surface area contributed by atoms with Crippen molar-refractivity contribution < 1.29 is 72.1 Å².